The van der Waals surface area contributed by atoms with Crippen LogP contribution < -0.4 is 0 Å². The van der Waals surface area contributed by atoms with Gasteiger partial charge in [0.25, 0.3) is 5.91 Å². The number of sulfone groups is 1. The maximum Gasteiger partial charge on any atom is 0.356 e. The van der Waals surface area contributed by atoms with Crippen LogP contribution in [0.3, 0.4) is 0 Å². The SMILES string of the molecule is CCOC(=O)c1[nH]nc2c1CCN(CC1(S(=O)(=O)C3CC3)CC1)C2=O. The molecule has 136 valence electrons. The molecule has 1 aromatic heterocycles. The molecule has 0 spiro atoms. The van der Waals surface area contributed by atoms with E-state index >= 15 is 0 Å². The van der Waals surface area contributed by atoms with E-state index in [-0.39, 0.29) is 35.7 Å². The summed E-state index contributed by atoms with van der Waals surface area (Å²) in [6, 6.07) is 0. The first-order valence-electron chi connectivity index (χ1n) is 8.67. The van der Waals surface area contributed by atoms with E-state index in [2.05, 4.69) is 10.2 Å². The summed E-state index contributed by atoms with van der Waals surface area (Å²) in [5.41, 5.74) is 0.986. The maximum atomic E-state index is 12.7. The molecule has 4 rings (SSSR count). The fourth-order valence-corrected chi connectivity index (χ4v) is 6.03. The summed E-state index contributed by atoms with van der Waals surface area (Å²) in [4.78, 5) is 26.2. The molecule has 1 aliphatic heterocycles. The lowest BCUT2D eigenvalue weighted by atomic mass is 10.0. The van der Waals surface area contributed by atoms with Crippen LogP contribution in [0.5, 0.6) is 0 Å². The van der Waals surface area contributed by atoms with Crippen molar-refractivity contribution >= 4 is 21.7 Å². The van der Waals surface area contributed by atoms with Crippen molar-refractivity contribution in [3.63, 3.8) is 0 Å². The van der Waals surface area contributed by atoms with Crippen molar-refractivity contribution < 1.29 is 22.7 Å². The van der Waals surface area contributed by atoms with Crippen molar-refractivity contribution in [2.24, 2.45) is 0 Å². The van der Waals surface area contributed by atoms with Gasteiger partial charge < -0.3 is 9.64 Å². The van der Waals surface area contributed by atoms with Gasteiger partial charge in [0.1, 0.15) is 5.69 Å². The molecule has 9 heteroatoms. The van der Waals surface area contributed by atoms with Crippen molar-refractivity contribution in [1.29, 1.82) is 0 Å². The average Bonchev–Trinajstić information content (AvgIpc) is 3.48. The van der Waals surface area contributed by atoms with E-state index in [0.717, 1.165) is 12.8 Å². The van der Waals surface area contributed by atoms with Gasteiger partial charge in [-0.05, 0) is 39.0 Å². The van der Waals surface area contributed by atoms with Gasteiger partial charge in [-0.15, -0.1) is 0 Å². The highest BCUT2D eigenvalue weighted by Gasteiger charge is 2.60. The van der Waals surface area contributed by atoms with Crippen LogP contribution in [-0.2, 0) is 21.0 Å². The van der Waals surface area contributed by atoms with Gasteiger partial charge in [0.05, 0.1) is 16.6 Å². The Morgan fingerprint density at radius 3 is 2.72 bits per heavy atom. The Hall–Kier alpha value is -1.90. The number of rotatable bonds is 6. The second-order valence-corrected chi connectivity index (χ2v) is 9.67. The number of ether oxygens (including phenoxy) is 1. The van der Waals surface area contributed by atoms with Crippen molar-refractivity contribution in [1.82, 2.24) is 15.1 Å². The zero-order chi connectivity index (χ0) is 17.8. The van der Waals surface area contributed by atoms with E-state index < -0.39 is 20.6 Å². The topological polar surface area (TPSA) is 109 Å². The van der Waals surface area contributed by atoms with Gasteiger partial charge in [-0.3, -0.25) is 9.89 Å². The van der Waals surface area contributed by atoms with Crippen LogP contribution in [0, 0.1) is 0 Å². The number of carbonyl (C=O) groups is 2. The third-order valence-corrected chi connectivity index (χ3v) is 8.42. The Morgan fingerprint density at radius 2 is 2.12 bits per heavy atom. The summed E-state index contributed by atoms with van der Waals surface area (Å²) in [5.74, 6) is -0.835. The van der Waals surface area contributed by atoms with Crippen molar-refractivity contribution in [3.05, 3.63) is 17.0 Å². The number of nitrogens with zero attached hydrogens (tertiary/aromatic N) is 2. The van der Waals surface area contributed by atoms with Crippen LogP contribution in [0.15, 0.2) is 0 Å². The standard InChI is InChI=1S/C16H21N3O5S/c1-2-24-15(21)13-11-5-8-19(14(20)12(11)17-18-13)9-16(6-7-16)25(22,23)10-3-4-10/h10H,2-9H2,1H3,(H,17,18). The third-order valence-electron chi connectivity index (χ3n) is 5.32. The molecule has 2 aliphatic carbocycles. The van der Waals surface area contributed by atoms with E-state index in [9.17, 15) is 18.0 Å². The van der Waals surface area contributed by atoms with Crippen LogP contribution in [0.4, 0.5) is 0 Å². The molecule has 0 aromatic carbocycles. The lowest BCUT2D eigenvalue weighted by molar-refractivity contribution is 0.0518. The van der Waals surface area contributed by atoms with E-state index in [4.69, 9.17) is 4.74 Å². The molecule has 2 fully saturated rings. The molecule has 0 radical (unpaired) electrons. The molecule has 2 heterocycles. The second kappa shape index (κ2) is 5.55. The van der Waals surface area contributed by atoms with Crippen LogP contribution in [0.2, 0.25) is 0 Å². The number of esters is 1. The minimum Gasteiger partial charge on any atom is -0.461 e. The summed E-state index contributed by atoms with van der Waals surface area (Å²) in [7, 11) is -3.17. The molecular weight excluding hydrogens is 346 g/mol. The zero-order valence-electron chi connectivity index (χ0n) is 14.1. The molecule has 25 heavy (non-hydrogen) atoms. The molecule has 1 N–H and O–H groups in total. The van der Waals surface area contributed by atoms with Gasteiger partial charge in [0, 0.05) is 18.7 Å². The van der Waals surface area contributed by atoms with E-state index in [1.807, 2.05) is 0 Å². The normalized spacial score (nSPS) is 21.8. The van der Waals surface area contributed by atoms with Crippen molar-refractivity contribution in [3.8, 4) is 0 Å². The Labute approximate surface area is 145 Å². The van der Waals surface area contributed by atoms with Gasteiger partial charge in [0.2, 0.25) is 0 Å². The summed E-state index contributed by atoms with van der Waals surface area (Å²) in [5, 5.41) is 6.37. The van der Waals surface area contributed by atoms with Crippen molar-refractivity contribution in [2.45, 2.75) is 49.0 Å². The summed E-state index contributed by atoms with van der Waals surface area (Å²) >= 11 is 0. The third kappa shape index (κ3) is 2.56. The minimum atomic E-state index is -3.17. The van der Waals surface area contributed by atoms with Gasteiger partial charge >= 0.3 is 5.97 Å². The van der Waals surface area contributed by atoms with E-state index in [1.54, 1.807) is 11.8 Å². The number of hydrogen-bond donors (Lipinski definition) is 1. The van der Waals surface area contributed by atoms with E-state index in [0.29, 0.717) is 31.4 Å². The quantitative estimate of drug-likeness (QED) is 0.741. The number of H-pyrrole nitrogens is 1. The Bertz CT molecular complexity index is 836. The molecule has 8 nitrogen and oxygen atoms in total. The highest BCUT2D eigenvalue weighted by molar-refractivity contribution is 7.94. The molecule has 0 bridgehead atoms. The largest absolute Gasteiger partial charge is 0.461 e. The molecule has 1 amide bonds. The molecule has 3 aliphatic rings. The Balaban J connectivity index is 1.54. The van der Waals surface area contributed by atoms with Gasteiger partial charge in [-0.25, -0.2) is 13.2 Å². The predicted octanol–water partition coefficient (Wildman–Crippen LogP) is 0.694. The summed E-state index contributed by atoms with van der Waals surface area (Å²) in [6.45, 7) is 2.57. The van der Waals surface area contributed by atoms with Gasteiger partial charge in [-0.1, -0.05) is 0 Å². The highest BCUT2D eigenvalue weighted by Crippen LogP contribution is 2.50. The van der Waals surface area contributed by atoms with Gasteiger partial charge in [-0.2, -0.15) is 5.10 Å². The number of aromatic nitrogens is 2. The number of carbonyl (C=O) groups excluding carboxylic acids is 2. The van der Waals surface area contributed by atoms with Crippen LogP contribution in [0.25, 0.3) is 0 Å². The lowest BCUT2D eigenvalue weighted by Gasteiger charge is -2.30. The smallest absolute Gasteiger partial charge is 0.356 e. The molecular formula is C16H21N3O5S. The monoisotopic (exact) mass is 367 g/mol. The average molecular weight is 367 g/mol. The fourth-order valence-electron chi connectivity index (χ4n) is 3.56. The van der Waals surface area contributed by atoms with Crippen LogP contribution in [-0.4, -0.2) is 65.1 Å². The van der Waals surface area contributed by atoms with Gasteiger partial charge in [0.15, 0.2) is 15.5 Å². The number of hydrogen-bond acceptors (Lipinski definition) is 6. The second-order valence-electron chi connectivity index (χ2n) is 7.05. The molecule has 2 saturated carbocycles. The van der Waals surface area contributed by atoms with Crippen molar-refractivity contribution in [2.75, 3.05) is 19.7 Å². The highest BCUT2D eigenvalue weighted by atomic mass is 32.2. The lowest BCUT2D eigenvalue weighted by Crippen LogP contribution is -2.46. The molecule has 0 unspecified atom stereocenters. The number of aromatic amines is 1. The van der Waals surface area contributed by atoms with E-state index in [1.165, 1.54) is 0 Å². The van der Waals surface area contributed by atoms with Crippen LogP contribution in [0.1, 0.15) is 59.1 Å². The first-order chi connectivity index (χ1) is 11.9. The summed E-state index contributed by atoms with van der Waals surface area (Å²) < 4.78 is 29.5. The Morgan fingerprint density at radius 1 is 1.40 bits per heavy atom. The molecule has 0 atom stereocenters. The Kier molecular flexibility index (Phi) is 3.68. The summed E-state index contributed by atoms with van der Waals surface area (Å²) in [6.07, 6.45) is 3.19. The maximum absolute atomic E-state index is 12.7. The number of nitrogens with one attached hydrogen (secondary N) is 1. The molecule has 0 saturated heterocycles. The number of amides is 1. The number of fused-ring (bicyclic) bond motifs is 1. The zero-order valence-corrected chi connectivity index (χ0v) is 14.9. The fraction of sp³-hybridized carbons (Fsp3) is 0.688. The minimum absolute atomic E-state index is 0.203. The van der Waals surface area contributed by atoms with Crippen LogP contribution >= 0.6 is 0 Å². The molecule has 1 aromatic rings. The first-order valence-corrected chi connectivity index (χ1v) is 10.2. The first kappa shape index (κ1) is 16.6. The predicted molar refractivity (Wildman–Crippen MR) is 88.1 cm³/mol.